The molecule has 0 bridgehead atoms. The molecule has 0 radical (unpaired) electrons. The molecule has 1 aliphatic heterocycles. The van der Waals surface area contributed by atoms with Crippen LogP contribution in [0.25, 0.3) is 0 Å². The summed E-state index contributed by atoms with van der Waals surface area (Å²) in [6, 6.07) is 7.02. The SMILES string of the molecule is C[C@@H](C(=O)OCC(=O)N1CCSc2ccccc21)n1cnnn1. The largest absolute Gasteiger partial charge is 0.454 e. The van der Waals surface area contributed by atoms with Gasteiger partial charge >= 0.3 is 5.97 Å². The van der Waals surface area contributed by atoms with Crippen LogP contribution < -0.4 is 4.90 Å². The molecule has 0 fully saturated rings. The number of carbonyl (C=O) groups is 2. The van der Waals surface area contributed by atoms with Gasteiger partial charge in [0.2, 0.25) is 0 Å². The van der Waals surface area contributed by atoms with E-state index >= 15 is 0 Å². The Balaban J connectivity index is 1.61. The Bertz CT molecular complexity index is 706. The Kier molecular flexibility index (Phi) is 4.56. The number of para-hydroxylation sites is 1. The summed E-state index contributed by atoms with van der Waals surface area (Å²) in [5.41, 5.74) is 0.860. The van der Waals surface area contributed by atoms with Crippen LogP contribution in [-0.4, -0.2) is 51.0 Å². The van der Waals surface area contributed by atoms with Gasteiger partial charge < -0.3 is 9.64 Å². The average molecular weight is 333 g/mol. The molecule has 0 saturated heterocycles. The number of benzene rings is 1. The van der Waals surface area contributed by atoms with E-state index in [-0.39, 0.29) is 12.5 Å². The monoisotopic (exact) mass is 333 g/mol. The topological polar surface area (TPSA) is 90.2 Å². The predicted octanol–water partition coefficient (Wildman–Crippen LogP) is 0.916. The van der Waals surface area contributed by atoms with Crippen molar-refractivity contribution in [2.45, 2.75) is 17.9 Å². The zero-order valence-electron chi connectivity index (χ0n) is 12.5. The van der Waals surface area contributed by atoms with Crippen LogP contribution in [0.4, 0.5) is 5.69 Å². The van der Waals surface area contributed by atoms with E-state index in [2.05, 4.69) is 15.5 Å². The smallest absolute Gasteiger partial charge is 0.331 e. The van der Waals surface area contributed by atoms with Crippen LogP contribution in [0.1, 0.15) is 13.0 Å². The molecule has 0 aliphatic carbocycles. The van der Waals surface area contributed by atoms with E-state index in [0.717, 1.165) is 16.3 Å². The first kappa shape index (κ1) is 15.5. The molecule has 2 heterocycles. The minimum atomic E-state index is -0.679. The molecule has 0 unspecified atom stereocenters. The van der Waals surface area contributed by atoms with Gasteiger partial charge in [-0.15, -0.1) is 16.9 Å². The van der Waals surface area contributed by atoms with Gasteiger partial charge in [0, 0.05) is 17.2 Å². The number of thioether (sulfide) groups is 1. The number of carbonyl (C=O) groups excluding carboxylic acids is 2. The van der Waals surface area contributed by atoms with Crippen molar-refractivity contribution >= 4 is 29.3 Å². The number of esters is 1. The highest BCUT2D eigenvalue weighted by atomic mass is 32.2. The van der Waals surface area contributed by atoms with Gasteiger partial charge in [-0.2, -0.15) is 0 Å². The van der Waals surface area contributed by atoms with Gasteiger partial charge in [0.1, 0.15) is 12.4 Å². The van der Waals surface area contributed by atoms with E-state index in [9.17, 15) is 9.59 Å². The molecular weight excluding hydrogens is 318 g/mol. The van der Waals surface area contributed by atoms with Crippen molar-refractivity contribution in [1.29, 1.82) is 0 Å². The number of fused-ring (bicyclic) bond motifs is 1. The standard InChI is InChI=1S/C14H15N5O3S/c1-10(19-9-15-16-17-19)14(21)22-8-13(20)18-6-7-23-12-5-3-2-4-11(12)18/h2-5,9-10H,6-8H2,1H3/t10-/m0/s1. The molecule has 1 atom stereocenters. The first-order valence-electron chi connectivity index (χ1n) is 7.08. The summed E-state index contributed by atoms with van der Waals surface area (Å²) in [5.74, 6) is 0.0258. The minimum Gasteiger partial charge on any atom is -0.454 e. The number of nitrogens with zero attached hydrogens (tertiary/aromatic N) is 5. The van der Waals surface area contributed by atoms with Crippen LogP contribution in [0, 0.1) is 0 Å². The molecule has 1 aromatic carbocycles. The van der Waals surface area contributed by atoms with Crippen molar-refractivity contribution in [1.82, 2.24) is 20.2 Å². The van der Waals surface area contributed by atoms with Crippen molar-refractivity contribution in [2.24, 2.45) is 0 Å². The summed E-state index contributed by atoms with van der Waals surface area (Å²) in [5, 5.41) is 10.6. The van der Waals surface area contributed by atoms with Crippen molar-refractivity contribution < 1.29 is 14.3 Å². The fourth-order valence-electron chi connectivity index (χ4n) is 2.21. The summed E-state index contributed by atoms with van der Waals surface area (Å²) in [4.78, 5) is 27.0. The number of amides is 1. The van der Waals surface area contributed by atoms with Gasteiger partial charge in [0.05, 0.1) is 5.69 Å². The molecule has 1 amide bonds. The number of ether oxygens (including phenoxy) is 1. The second kappa shape index (κ2) is 6.78. The molecule has 120 valence electrons. The van der Waals surface area contributed by atoms with Gasteiger partial charge in [-0.05, 0) is 29.5 Å². The van der Waals surface area contributed by atoms with E-state index in [1.165, 1.54) is 11.0 Å². The summed E-state index contributed by atoms with van der Waals surface area (Å²) < 4.78 is 6.38. The number of rotatable bonds is 4. The molecule has 3 rings (SSSR count). The van der Waals surface area contributed by atoms with E-state index in [1.54, 1.807) is 23.6 Å². The van der Waals surface area contributed by atoms with E-state index in [1.807, 2.05) is 24.3 Å². The maximum absolute atomic E-state index is 12.4. The lowest BCUT2D eigenvalue weighted by Gasteiger charge is -2.28. The quantitative estimate of drug-likeness (QED) is 0.768. The maximum Gasteiger partial charge on any atom is 0.331 e. The van der Waals surface area contributed by atoms with Crippen LogP contribution in [-0.2, 0) is 14.3 Å². The van der Waals surface area contributed by atoms with Crippen molar-refractivity contribution in [3.05, 3.63) is 30.6 Å². The second-order valence-electron chi connectivity index (χ2n) is 4.94. The van der Waals surface area contributed by atoms with E-state index in [0.29, 0.717) is 6.54 Å². The second-order valence-corrected chi connectivity index (χ2v) is 6.07. The highest BCUT2D eigenvalue weighted by Crippen LogP contribution is 2.34. The molecule has 0 saturated carbocycles. The van der Waals surface area contributed by atoms with Gasteiger partial charge in [0.25, 0.3) is 5.91 Å². The van der Waals surface area contributed by atoms with E-state index < -0.39 is 12.0 Å². The Morgan fingerprint density at radius 2 is 2.22 bits per heavy atom. The first-order chi connectivity index (χ1) is 11.2. The lowest BCUT2D eigenvalue weighted by Crippen LogP contribution is -2.38. The third kappa shape index (κ3) is 3.34. The minimum absolute atomic E-state index is 0.241. The molecular formula is C14H15N5O3S. The van der Waals surface area contributed by atoms with Crippen LogP contribution in [0.2, 0.25) is 0 Å². The van der Waals surface area contributed by atoms with Gasteiger partial charge in [-0.3, -0.25) is 4.79 Å². The van der Waals surface area contributed by atoms with Crippen LogP contribution >= 0.6 is 11.8 Å². The molecule has 0 spiro atoms. The summed E-state index contributed by atoms with van der Waals surface area (Å²) in [7, 11) is 0. The predicted molar refractivity (Wildman–Crippen MR) is 83.0 cm³/mol. The molecule has 1 aliphatic rings. The van der Waals surface area contributed by atoms with Crippen LogP contribution in [0.5, 0.6) is 0 Å². The molecule has 2 aromatic rings. The Morgan fingerprint density at radius 3 is 3.00 bits per heavy atom. The van der Waals surface area contributed by atoms with Gasteiger partial charge in [-0.1, -0.05) is 12.1 Å². The zero-order valence-corrected chi connectivity index (χ0v) is 13.3. The summed E-state index contributed by atoms with van der Waals surface area (Å²) in [6.45, 7) is 1.90. The van der Waals surface area contributed by atoms with Gasteiger partial charge in [0.15, 0.2) is 6.61 Å². The molecule has 1 aromatic heterocycles. The van der Waals surface area contributed by atoms with Crippen molar-refractivity contribution in [3.8, 4) is 0 Å². The Labute approximate surface area is 136 Å². The normalized spacial score (nSPS) is 14.9. The fourth-order valence-corrected chi connectivity index (χ4v) is 3.21. The molecule has 23 heavy (non-hydrogen) atoms. The maximum atomic E-state index is 12.4. The third-order valence-corrected chi connectivity index (χ3v) is 4.51. The summed E-state index contributed by atoms with van der Waals surface area (Å²) >= 11 is 1.71. The number of hydrogen-bond donors (Lipinski definition) is 0. The fraction of sp³-hybridized carbons (Fsp3) is 0.357. The highest BCUT2D eigenvalue weighted by molar-refractivity contribution is 7.99. The third-order valence-electron chi connectivity index (χ3n) is 3.47. The van der Waals surface area contributed by atoms with Crippen molar-refractivity contribution in [2.75, 3.05) is 23.8 Å². The number of tetrazole rings is 1. The molecule has 8 nitrogen and oxygen atoms in total. The Hall–Kier alpha value is -2.42. The first-order valence-corrected chi connectivity index (χ1v) is 8.06. The van der Waals surface area contributed by atoms with Crippen LogP contribution in [0.3, 0.4) is 0 Å². The summed E-state index contributed by atoms with van der Waals surface area (Å²) in [6.07, 6.45) is 1.33. The lowest BCUT2D eigenvalue weighted by molar-refractivity contribution is -0.151. The number of anilines is 1. The molecule has 9 heteroatoms. The zero-order chi connectivity index (χ0) is 16.2. The van der Waals surface area contributed by atoms with Crippen molar-refractivity contribution in [3.63, 3.8) is 0 Å². The Morgan fingerprint density at radius 1 is 1.39 bits per heavy atom. The number of hydrogen-bond acceptors (Lipinski definition) is 7. The van der Waals surface area contributed by atoms with Crippen LogP contribution in [0.15, 0.2) is 35.5 Å². The average Bonchev–Trinajstić information content (AvgIpc) is 3.12. The van der Waals surface area contributed by atoms with Gasteiger partial charge in [-0.25, -0.2) is 9.48 Å². The highest BCUT2D eigenvalue weighted by Gasteiger charge is 2.25. The molecule has 0 N–H and O–H groups in total. The lowest BCUT2D eigenvalue weighted by atomic mass is 10.2. The number of aromatic nitrogens is 4. The van der Waals surface area contributed by atoms with E-state index in [4.69, 9.17) is 4.74 Å².